The Hall–Kier alpha value is -0.510. The van der Waals surface area contributed by atoms with Crippen LogP contribution in [-0.2, 0) is 28.1 Å². The van der Waals surface area contributed by atoms with E-state index in [9.17, 15) is 13.0 Å². The molecule has 14 heavy (non-hydrogen) atoms. The molecule has 0 aliphatic rings. The van der Waals surface area contributed by atoms with Gasteiger partial charge in [-0.1, -0.05) is 5.92 Å². The number of hydrogen-bond donors (Lipinski definition) is 0. The Morgan fingerprint density at radius 2 is 2.14 bits per heavy atom. The van der Waals surface area contributed by atoms with Crippen LogP contribution < -0.4 is 0 Å². The van der Waals surface area contributed by atoms with Crippen LogP contribution in [0.2, 0.25) is 0 Å². The molecule has 0 saturated carbocycles. The van der Waals surface area contributed by atoms with Crippen LogP contribution in [0.25, 0.3) is 0 Å². The van der Waals surface area contributed by atoms with Gasteiger partial charge in [-0.3, -0.25) is 4.18 Å². The van der Waals surface area contributed by atoms with Crippen molar-refractivity contribution in [3.63, 3.8) is 0 Å². The zero-order chi connectivity index (χ0) is 11.2. The lowest BCUT2D eigenvalue weighted by Gasteiger charge is -2.22. The van der Waals surface area contributed by atoms with Gasteiger partial charge in [-0.15, -0.1) is 6.42 Å². The van der Waals surface area contributed by atoms with E-state index in [2.05, 4.69) is 13.4 Å². The van der Waals surface area contributed by atoms with Crippen molar-refractivity contribution in [1.29, 1.82) is 0 Å². The highest BCUT2D eigenvalue weighted by molar-refractivity contribution is 7.87. The minimum Gasteiger partial charge on any atom is -0.339 e. The van der Waals surface area contributed by atoms with Crippen LogP contribution in [0.1, 0.15) is 6.92 Å². The predicted octanol–water partition coefficient (Wildman–Crippen LogP) is 0.509. The Morgan fingerprint density at radius 3 is 2.50 bits per heavy atom. The summed E-state index contributed by atoms with van der Waals surface area (Å²) in [6.07, 6.45) is 4.81. The smallest absolute Gasteiger partial charge is 0.331 e. The first-order valence-corrected chi connectivity index (χ1v) is 5.46. The molecule has 8 heteroatoms. The van der Waals surface area contributed by atoms with Gasteiger partial charge in [-0.05, 0) is 0 Å². The molecule has 0 aromatic rings. The van der Waals surface area contributed by atoms with Crippen molar-refractivity contribution in [2.45, 2.75) is 12.0 Å². The van der Waals surface area contributed by atoms with Gasteiger partial charge in [0.1, 0.15) is 6.61 Å². The Morgan fingerprint density at radius 1 is 1.57 bits per heavy atom. The molecule has 0 aromatic carbocycles. The van der Waals surface area contributed by atoms with E-state index in [-0.39, 0.29) is 0 Å². The SMILES string of the molecule is C#CCOS(=O)(=O)C(C)(OC)OP=O. The van der Waals surface area contributed by atoms with Crippen LogP contribution in [0.4, 0.5) is 0 Å². The summed E-state index contributed by atoms with van der Waals surface area (Å²) in [6.45, 7) is 0.601. The van der Waals surface area contributed by atoms with E-state index in [1.807, 2.05) is 5.92 Å². The number of hydrogen-bond acceptors (Lipinski definition) is 6. The van der Waals surface area contributed by atoms with Crippen molar-refractivity contribution in [3.8, 4) is 12.3 Å². The summed E-state index contributed by atoms with van der Waals surface area (Å²) >= 11 is 0. The minimum atomic E-state index is -4.19. The predicted molar refractivity (Wildman–Crippen MR) is 47.8 cm³/mol. The maximum atomic E-state index is 11.3. The van der Waals surface area contributed by atoms with E-state index in [0.29, 0.717) is 0 Å². The molecule has 0 rings (SSSR count). The second kappa shape index (κ2) is 5.39. The molecule has 1 unspecified atom stereocenters. The molecule has 0 aromatic heterocycles. The lowest BCUT2D eigenvalue weighted by molar-refractivity contribution is -0.0792. The monoisotopic (exact) mass is 240 g/mol. The van der Waals surface area contributed by atoms with Crippen LogP contribution in [-0.4, -0.2) is 27.3 Å². The van der Waals surface area contributed by atoms with Gasteiger partial charge < -0.3 is 4.74 Å². The van der Waals surface area contributed by atoms with E-state index < -0.39 is 30.5 Å². The first-order valence-electron chi connectivity index (χ1n) is 3.32. The molecule has 80 valence electrons. The topological polar surface area (TPSA) is 78.9 Å². The van der Waals surface area contributed by atoms with Gasteiger partial charge in [-0.25, -0.2) is 9.09 Å². The zero-order valence-electron chi connectivity index (χ0n) is 7.59. The molecular weight excluding hydrogens is 231 g/mol. The Bertz CT molecular complexity index is 331. The Kier molecular flexibility index (Phi) is 5.19. The maximum Gasteiger partial charge on any atom is 0.331 e. The summed E-state index contributed by atoms with van der Waals surface area (Å²) in [7, 11) is -3.96. The fourth-order valence-corrected chi connectivity index (χ4v) is 1.78. The molecule has 0 aliphatic heterocycles. The molecular formula is C6H9O6PS. The molecule has 0 bridgehead atoms. The zero-order valence-corrected chi connectivity index (χ0v) is 9.30. The number of methoxy groups -OCH3 is 1. The first kappa shape index (κ1) is 13.5. The molecule has 0 radical (unpaired) electrons. The average Bonchev–Trinajstić information content (AvgIpc) is 2.14. The number of ether oxygens (including phenoxy) is 1. The second-order valence-electron chi connectivity index (χ2n) is 2.15. The van der Waals surface area contributed by atoms with Crippen molar-refractivity contribution < 1.29 is 26.4 Å². The Balaban J connectivity index is 4.83. The van der Waals surface area contributed by atoms with Gasteiger partial charge >= 0.3 is 23.9 Å². The van der Waals surface area contributed by atoms with E-state index in [4.69, 9.17) is 6.42 Å². The fraction of sp³-hybridized carbons (Fsp3) is 0.667. The highest BCUT2D eigenvalue weighted by atomic mass is 32.2. The van der Waals surface area contributed by atoms with Gasteiger partial charge in [0, 0.05) is 14.0 Å². The van der Waals surface area contributed by atoms with E-state index >= 15 is 0 Å². The molecule has 1 atom stereocenters. The van der Waals surface area contributed by atoms with Gasteiger partial charge in [0.05, 0.1) is 0 Å². The van der Waals surface area contributed by atoms with Crippen LogP contribution in [0.15, 0.2) is 0 Å². The third kappa shape index (κ3) is 3.01. The molecule has 0 spiro atoms. The van der Waals surface area contributed by atoms with Crippen molar-refractivity contribution in [1.82, 2.24) is 0 Å². The van der Waals surface area contributed by atoms with E-state index in [0.717, 1.165) is 14.0 Å². The standard InChI is InChI=1S/C6H9O6PS/c1-4-5-11-14(8,9)6(2,10-3)12-13-7/h1H,5H2,2-3H3. The highest BCUT2D eigenvalue weighted by Crippen LogP contribution is 2.25. The van der Waals surface area contributed by atoms with E-state index in [1.54, 1.807) is 0 Å². The summed E-state index contributed by atoms with van der Waals surface area (Å²) in [6, 6.07) is 0. The minimum absolute atomic E-state index is 0.444. The van der Waals surface area contributed by atoms with Crippen molar-refractivity contribution in [3.05, 3.63) is 0 Å². The van der Waals surface area contributed by atoms with Crippen LogP contribution in [0.5, 0.6) is 0 Å². The summed E-state index contributed by atoms with van der Waals surface area (Å²) in [5.41, 5.74) is 0. The average molecular weight is 240 g/mol. The van der Waals surface area contributed by atoms with Crippen LogP contribution in [0, 0.1) is 12.3 Å². The normalized spacial score (nSPS) is 16.1. The van der Waals surface area contributed by atoms with Crippen molar-refractivity contribution >= 4 is 18.8 Å². The third-order valence-corrected chi connectivity index (χ3v) is 3.46. The van der Waals surface area contributed by atoms with Crippen LogP contribution in [0.3, 0.4) is 0 Å². The lowest BCUT2D eigenvalue weighted by Crippen LogP contribution is -2.39. The fourth-order valence-electron chi connectivity index (χ4n) is 0.471. The lowest BCUT2D eigenvalue weighted by atomic mass is 10.8. The van der Waals surface area contributed by atoms with Gasteiger partial charge in [0.2, 0.25) is 0 Å². The molecule has 0 heterocycles. The van der Waals surface area contributed by atoms with Gasteiger partial charge in [0.25, 0.3) is 0 Å². The largest absolute Gasteiger partial charge is 0.339 e. The molecule has 0 saturated heterocycles. The molecule has 0 N–H and O–H groups in total. The van der Waals surface area contributed by atoms with Crippen molar-refractivity contribution in [2.24, 2.45) is 0 Å². The molecule has 0 fully saturated rings. The van der Waals surface area contributed by atoms with Crippen LogP contribution >= 0.6 is 8.69 Å². The van der Waals surface area contributed by atoms with E-state index in [1.165, 1.54) is 0 Å². The first-order chi connectivity index (χ1) is 6.43. The van der Waals surface area contributed by atoms with Gasteiger partial charge in [-0.2, -0.15) is 8.42 Å². The molecule has 0 aliphatic carbocycles. The highest BCUT2D eigenvalue weighted by Gasteiger charge is 2.43. The summed E-state index contributed by atoms with van der Waals surface area (Å²) < 4.78 is 46.0. The Labute approximate surface area is 83.9 Å². The molecule has 0 amide bonds. The molecule has 6 nitrogen and oxygen atoms in total. The summed E-state index contributed by atoms with van der Waals surface area (Å²) in [4.78, 5) is 0. The second-order valence-corrected chi connectivity index (χ2v) is 4.37. The van der Waals surface area contributed by atoms with Crippen molar-refractivity contribution in [2.75, 3.05) is 13.7 Å². The number of rotatable bonds is 6. The van der Waals surface area contributed by atoms with Gasteiger partial charge in [0.15, 0.2) is 0 Å². The maximum absolute atomic E-state index is 11.3. The summed E-state index contributed by atoms with van der Waals surface area (Å²) in [5, 5.41) is -2.13. The summed E-state index contributed by atoms with van der Waals surface area (Å²) in [5.74, 6) is 1.97. The number of terminal acetylenes is 1. The quantitative estimate of drug-likeness (QED) is 0.291. The third-order valence-electron chi connectivity index (χ3n) is 1.33.